The van der Waals surface area contributed by atoms with E-state index in [2.05, 4.69) is 24.1 Å². The number of fused-ring (bicyclic) bond motifs is 2. The molecule has 2 unspecified atom stereocenters. The molecule has 33 heavy (non-hydrogen) atoms. The Morgan fingerprint density at radius 2 is 1.85 bits per heavy atom. The first-order valence-electron chi connectivity index (χ1n) is 11.7. The number of aromatic nitrogens is 2. The predicted molar refractivity (Wildman–Crippen MR) is 124 cm³/mol. The second kappa shape index (κ2) is 7.71. The van der Waals surface area contributed by atoms with Gasteiger partial charge in [0.05, 0.1) is 0 Å². The van der Waals surface area contributed by atoms with Crippen LogP contribution in [0.2, 0.25) is 0 Å². The fourth-order valence-electron chi connectivity index (χ4n) is 6.02. The number of hydrogen-bond donors (Lipinski definition) is 2. The molecular formula is C25H31N5O3. The first kappa shape index (κ1) is 21.7. The minimum Gasteiger partial charge on any atom is -0.364 e. The zero-order valence-electron chi connectivity index (χ0n) is 19.4. The molecule has 3 atom stereocenters. The summed E-state index contributed by atoms with van der Waals surface area (Å²) >= 11 is 0. The monoisotopic (exact) mass is 449 g/mol. The van der Waals surface area contributed by atoms with E-state index in [1.807, 2.05) is 27.7 Å². The maximum atomic E-state index is 13.0. The van der Waals surface area contributed by atoms with E-state index < -0.39 is 5.91 Å². The van der Waals surface area contributed by atoms with Gasteiger partial charge in [0, 0.05) is 49.9 Å². The molecule has 2 fully saturated rings. The number of rotatable bonds is 4. The first-order chi connectivity index (χ1) is 15.6. The summed E-state index contributed by atoms with van der Waals surface area (Å²) in [5.74, 6) is 0.944. The highest BCUT2D eigenvalue weighted by molar-refractivity contribution is 5.95. The lowest BCUT2D eigenvalue weighted by Crippen LogP contribution is -2.29. The maximum Gasteiger partial charge on any atom is 0.265 e. The van der Waals surface area contributed by atoms with Gasteiger partial charge in [0.2, 0.25) is 11.8 Å². The number of likely N-dealkylation sites (tertiary alicyclic amines) is 1. The Hall–Kier alpha value is -3.16. The zero-order valence-corrected chi connectivity index (χ0v) is 19.4. The van der Waals surface area contributed by atoms with E-state index >= 15 is 0 Å². The average molecular weight is 450 g/mol. The van der Waals surface area contributed by atoms with Crippen molar-refractivity contribution in [2.75, 3.05) is 18.4 Å². The number of nitrogens with two attached hydrogens (primary N) is 1. The molecule has 174 valence electrons. The van der Waals surface area contributed by atoms with Gasteiger partial charge in [0.15, 0.2) is 0 Å². The van der Waals surface area contributed by atoms with Crippen LogP contribution in [0.1, 0.15) is 49.8 Å². The molecule has 0 bridgehead atoms. The lowest BCUT2D eigenvalue weighted by Gasteiger charge is -2.17. The van der Waals surface area contributed by atoms with E-state index in [-0.39, 0.29) is 23.1 Å². The number of carbonyl (C=O) groups excluding carboxylic acids is 3. The fraction of sp³-hybridized carbons (Fsp3) is 0.520. The molecular weight excluding hydrogens is 418 g/mol. The highest BCUT2D eigenvalue weighted by atomic mass is 16.2. The van der Waals surface area contributed by atoms with Gasteiger partial charge in [-0.1, -0.05) is 13.8 Å². The van der Waals surface area contributed by atoms with Gasteiger partial charge in [0.25, 0.3) is 5.91 Å². The van der Waals surface area contributed by atoms with E-state index in [0.717, 1.165) is 55.7 Å². The highest BCUT2D eigenvalue weighted by Gasteiger charge is 2.44. The van der Waals surface area contributed by atoms with Crippen molar-refractivity contribution in [3.05, 3.63) is 35.8 Å². The quantitative estimate of drug-likeness (QED) is 0.748. The van der Waals surface area contributed by atoms with Crippen LogP contribution in [-0.4, -0.2) is 45.3 Å². The van der Waals surface area contributed by atoms with Crippen molar-refractivity contribution in [1.29, 1.82) is 0 Å². The van der Waals surface area contributed by atoms with Crippen LogP contribution in [0.3, 0.4) is 0 Å². The van der Waals surface area contributed by atoms with Gasteiger partial charge >= 0.3 is 0 Å². The molecule has 5 rings (SSSR count). The van der Waals surface area contributed by atoms with Gasteiger partial charge in [0.1, 0.15) is 11.5 Å². The molecule has 8 heteroatoms. The van der Waals surface area contributed by atoms with Crippen molar-refractivity contribution < 1.29 is 14.4 Å². The molecule has 0 radical (unpaired) electrons. The lowest BCUT2D eigenvalue weighted by atomic mass is 9.89. The number of amides is 3. The summed E-state index contributed by atoms with van der Waals surface area (Å²) < 4.78 is 2.03. The first-order valence-corrected chi connectivity index (χ1v) is 11.7. The SMILES string of the molecule is CC(=O)N1CC2CC(C(=O)Nc3cc(-c4cc(C(N)=O)n5c4CC(C)(C)C5)ccn3)C[C@@H]2C1. The second-order valence-corrected chi connectivity index (χ2v) is 10.7. The molecule has 0 aromatic carbocycles. The molecule has 2 aromatic heterocycles. The van der Waals surface area contributed by atoms with Crippen molar-refractivity contribution in [2.24, 2.45) is 28.9 Å². The Morgan fingerprint density at radius 1 is 1.15 bits per heavy atom. The van der Waals surface area contributed by atoms with Gasteiger partial charge in [-0.15, -0.1) is 0 Å². The third-order valence-electron chi connectivity index (χ3n) is 7.58. The Morgan fingerprint density at radius 3 is 2.48 bits per heavy atom. The van der Waals surface area contributed by atoms with Gasteiger partial charge in [-0.3, -0.25) is 14.4 Å². The van der Waals surface area contributed by atoms with Gasteiger partial charge in [-0.2, -0.15) is 0 Å². The van der Waals surface area contributed by atoms with Crippen molar-refractivity contribution in [3.63, 3.8) is 0 Å². The Kier molecular flexibility index (Phi) is 5.06. The zero-order chi connectivity index (χ0) is 23.5. The molecule has 8 nitrogen and oxygen atoms in total. The Balaban J connectivity index is 1.32. The number of anilines is 1. The van der Waals surface area contributed by atoms with Crippen LogP contribution in [0.25, 0.3) is 11.1 Å². The Labute approximate surface area is 193 Å². The Bertz CT molecular complexity index is 1140. The van der Waals surface area contributed by atoms with E-state index in [1.54, 1.807) is 13.1 Å². The van der Waals surface area contributed by atoms with Crippen LogP contribution >= 0.6 is 0 Å². The maximum absolute atomic E-state index is 13.0. The molecule has 1 saturated carbocycles. The van der Waals surface area contributed by atoms with Crippen molar-refractivity contribution in [2.45, 2.75) is 46.6 Å². The summed E-state index contributed by atoms with van der Waals surface area (Å²) in [6.07, 6.45) is 4.16. The second-order valence-electron chi connectivity index (χ2n) is 10.7. The summed E-state index contributed by atoms with van der Waals surface area (Å²) in [7, 11) is 0. The van der Waals surface area contributed by atoms with Crippen LogP contribution in [0.5, 0.6) is 0 Å². The third-order valence-corrected chi connectivity index (χ3v) is 7.58. The molecule has 2 aliphatic heterocycles. The minimum absolute atomic E-state index is 0.00973. The molecule has 3 aliphatic rings. The number of carbonyl (C=O) groups is 3. The fourth-order valence-corrected chi connectivity index (χ4v) is 6.02. The lowest BCUT2D eigenvalue weighted by molar-refractivity contribution is -0.128. The van der Waals surface area contributed by atoms with Crippen LogP contribution in [-0.2, 0) is 22.6 Å². The molecule has 1 saturated heterocycles. The summed E-state index contributed by atoms with van der Waals surface area (Å²) in [5.41, 5.74) is 9.19. The summed E-state index contributed by atoms with van der Waals surface area (Å²) in [4.78, 5) is 42.9. The minimum atomic E-state index is -0.432. The van der Waals surface area contributed by atoms with Crippen LogP contribution < -0.4 is 11.1 Å². The van der Waals surface area contributed by atoms with Crippen molar-refractivity contribution in [3.8, 4) is 11.1 Å². The van der Waals surface area contributed by atoms with Gasteiger partial charge in [-0.05, 0) is 60.3 Å². The third kappa shape index (κ3) is 3.92. The van der Waals surface area contributed by atoms with Crippen LogP contribution in [0.4, 0.5) is 5.82 Å². The molecule has 3 amide bonds. The van der Waals surface area contributed by atoms with Crippen molar-refractivity contribution in [1.82, 2.24) is 14.5 Å². The molecule has 2 aromatic rings. The number of hydrogen-bond acceptors (Lipinski definition) is 4. The number of nitrogens with zero attached hydrogens (tertiary/aromatic N) is 3. The van der Waals surface area contributed by atoms with Gasteiger partial charge in [-0.25, -0.2) is 4.98 Å². The predicted octanol–water partition coefficient (Wildman–Crippen LogP) is 2.67. The van der Waals surface area contributed by atoms with Crippen LogP contribution in [0.15, 0.2) is 24.4 Å². The van der Waals surface area contributed by atoms with Crippen molar-refractivity contribution >= 4 is 23.5 Å². The van der Waals surface area contributed by atoms with E-state index in [0.29, 0.717) is 23.3 Å². The standard InChI is InChI=1S/C25H31N5O3/c1-14(31)29-11-17-6-16(7-18(17)12-29)24(33)28-22-8-15(4-5-27-22)19-9-20(23(26)32)30-13-25(2,3)10-21(19)30/h4-5,8-9,16-18H,6-7,10-13H2,1-3H3,(H2,26,32)(H,27,28,33)/t16?,17-,18?/m1/s1. The van der Waals surface area contributed by atoms with Gasteiger partial charge < -0.3 is 20.5 Å². The molecule has 0 spiro atoms. The highest BCUT2D eigenvalue weighted by Crippen LogP contribution is 2.42. The summed E-state index contributed by atoms with van der Waals surface area (Å²) in [5, 5.41) is 3.00. The molecule has 3 N–H and O–H groups in total. The summed E-state index contributed by atoms with van der Waals surface area (Å²) in [6.45, 7) is 8.24. The molecule has 4 heterocycles. The number of pyridine rings is 1. The smallest absolute Gasteiger partial charge is 0.265 e. The average Bonchev–Trinajstić information content (AvgIpc) is 3.45. The number of primary amides is 1. The van der Waals surface area contributed by atoms with E-state index in [4.69, 9.17) is 5.73 Å². The topological polar surface area (TPSA) is 110 Å². The molecule has 1 aliphatic carbocycles. The van der Waals surface area contributed by atoms with E-state index in [9.17, 15) is 14.4 Å². The van der Waals surface area contributed by atoms with Crippen LogP contribution in [0, 0.1) is 23.2 Å². The summed E-state index contributed by atoms with van der Waals surface area (Å²) in [6, 6.07) is 5.63. The number of nitrogens with one attached hydrogen (secondary N) is 1. The van der Waals surface area contributed by atoms with E-state index in [1.165, 1.54) is 0 Å². The normalized spacial score (nSPS) is 25.1. The largest absolute Gasteiger partial charge is 0.364 e.